The molecule has 0 N–H and O–H groups in total. The second-order valence-electron chi connectivity index (χ2n) is 8.81. The number of Topliss-reactive ketones (excluding diaryl/α,β-unsaturated/α-hetero) is 1. The molecule has 1 aliphatic heterocycles. The maximum atomic E-state index is 12.6. The molecular formula is C28H24N2O9. The lowest BCUT2D eigenvalue weighted by atomic mass is 10.1. The SMILES string of the molecule is COc1cccc(C(=O)Oc2ccc(C(=O)COC(=O)[C@@H]3CC(=O)N(c4ccc(C)c([N+](=O)[O-])c4)C3)cc2)c1. The highest BCUT2D eigenvalue weighted by Gasteiger charge is 2.37. The van der Waals surface area contributed by atoms with Crippen LogP contribution in [0.25, 0.3) is 0 Å². The predicted octanol–water partition coefficient (Wildman–Crippen LogP) is 3.91. The van der Waals surface area contributed by atoms with Crippen molar-refractivity contribution in [3.05, 3.63) is 93.5 Å². The van der Waals surface area contributed by atoms with Crippen molar-refractivity contribution in [1.82, 2.24) is 0 Å². The molecule has 3 aromatic carbocycles. The Morgan fingerprint density at radius 1 is 1.00 bits per heavy atom. The molecule has 1 amide bonds. The average Bonchev–Trinajstić information content (AvgIpc) is 3.33. The zero-order valence-electron chi connectivity index (χ0n) is 21.1. The second-order valence-corrected chi connectivity index (χ2v) is 8.81. The molecule has 1 saturated heterocycles. The van der Waals surface area contributed by atoms with E-state index in [2.05, 4.69) is 0 Å². The first-order chi connectivity index (χ1) is 18.7. The maximum Gasteiger partial charge on any atom is 0.343 e. The zero-order valence-corrected chi connectivity index (χ0v) is 21.1. The Labute approximate surface area is 223 Å². The van der Waals surface area contributed by atoms with Gasteiger partial charge in [0, 0.05) is 30.2 Å². The molecule has 0 unspecified atom stereocenters. The molecule has 200 valence electrons. The molecule has 1 fully saturated rings. The highest BCUT2D eigenvalue weighted by Crippen LogP contribution is 2.30. The molecule has 11 nitrogen and oxygen atoms in total. The summed E-state index contributed by atoms with van der Waals surface area (Å²) in [5, 5.41) is 11.2. The number of carbonyl (C=O) groups is 4. The number of hydrogen-bond donors (Lipinski definition) is 0. The monoisotopic (exact) mass is 532 g/mol. The molecule has 1 atom stereocenters. The molecule has 0 spiro atoms. The first-order valence-corrected chi connectivity index (χ1v) is 11.9. The van der Waals surface area contributed by atoms with Gasteiger partial charge in [0.2, 0.25) is 5.91 Å². The lowest BCUT2D eigenvalue weighted by Gasteiger charge is -2.16. The zero-order chi connectivity index (χ0) is 28.1. The molecule has 0 aromatic heterocycles. The van der Waals surface area contributed by atoms with Gasteiger partial charge in [-0.25, -0.2) is 4.79 Å². The van der Waals surface area contributed by atoms with Crippen molar-refractivity contribution in [2.45, 2.75) is 13.3 Å². The number of hydrogen-bond acceptors (Lipinski definition) is 9. The fourth-order valence-corrected chi connectivity index (χ4v) is 4.04. The summed E-state index contributed by atoms with van der Waals surface area (Å²) in [6.07, 6.45) is -0.137. The molecule has 0 bridgehead atoms. The Hall–Kier alpha value is -5.06. The molecule has 0 radical (unpaired) electrons. The van der Waals surface area contributed by atoms with Crippen LogP contribution in [0.1, 0.15) is 32.7 Å². The number of benzene rings is 3. The minimum Gasteiger partial charge on any atom is -0.497 e. The van der Waals surface area contributed by atoms with Crippen LogP contribution in [0.4, 0.5) is 11.4 Å². The van der Waals surface area contributed by atoms with E-state index in [1.165, 1.54) is 54.5 Å². The smallest absolute Gasteiger partial charge is 0.343 e. The van der Waals surface area contributed by atoms with Crippen LogP contribution in [0.2, 0.25) is 0 Å². The Morgan fingerprint density at radius 2 is 1.74 bits per heavy atom. The number of nitro groups is 1. The molecule has 3 aromatic rings. The van der Waals surface area contributed by atoms with E-state index in [9.17, 15) is 29.3 Å². The van der Waals surface area contributed by atoms with Gasteiger partial charge in [0.25, 0.3) is 5.69 Å². The van der Waals surface area contributed by atoms with Gasteiger partial charge in [0.1, 0.15) is 11.5 Å². The number of ketones is 1. The number of ether oxygens (including phenoxy) is 3. The molecule has 39 heavy (non-hydrogen) atoms. The highest BCUT2D eigenvalue weighted by molar-refractivity contribution is 6.01. The predicted molar refractivity (Wildman–Crippen MR) is 138 cm³/mol. The first kappa shape index (κ1) is 27.0. The van der Waals surface area contributed by atoms with Gasteiger partial charge in [-0.2, -0.15) is 0 Å². The molecule has 0 saturated carbocycles. The van der Waals surface area contributed by atoms with Crippen LogP contribution in [0.15, 0.2) is 66.7 Å². The summed E-state index contributed by atoms with van der Waals surface area (Å²) in [5.41, 5.74) is 1.17. The van der Waals surface area contributed by atoms with Crippen LogP contribution in [-0.2, 0) is 14.3 Å². The summed E-state index contributed by atoms with van der Waals surface area (Å²) in [4.78, 5) is 61.9. The van der Waals surface area contributed by atoms with Crippen LogP contribution in [0.5, 0.6) is 11.5 Å². The number of carbonyl (C=O) groups excluding carboxylic acids is 4. The van der Waals surface area contributed by atoms with E-state index in [1.54, 1.807) is 31.2 Å². The third-order valence-electron chi connectivity index (χ3n) is 6.20. The Morgan fingerprint density at radius 3 is 2.44 bits per heavy atom. The summed E-state index contributed by atoms with van der Waals surface area (Å²) in [5.74, 6) is -2.26. The van der Waals surface area contributed by atoms with E-state index in [0.29, 0.717) is 22.6 Å². The summed E-state index contributed by atoms with van der Waals surface area (Å²) in [6, 6.07) is 16.7. The number of nitro benzene ring substituents is 1. The fourth-order valence-electron chi connectivity index (χ4n) is 4.04. The number of anilines is 1. The van der Waals surface area contributed by atoms with Gasteiger partial charge in [-0.05, 0) is 55.5 Å². The average molecular weight is 533 g/mol. The number of rotatable bonds is 9. The van der Waals surface area contributed by atoms with Crippen molar-refractivity contribution < 1.29 is 38.3 Å². The number of amides is 1. The van der Waals surface area contributed by atoms with E-state index in [4.69, 9.17) is 14.2 Å². The van der Waals surface area contributed by atoms with Gasteiger partial charge < -0.3 is 19.1 Å². The van der Waals surface area contributed by atoms with Crippen LogP contribution >= 0.6 is 0 Å². The van der Waals surface area contributed by atoms with Crippen LogP contribution in [-0.4, -0.2) is 48.8 Å². The maximum absolute atomic E-state index is 12.6. The second kappa shape index (κ2) is 11.5. The third-order valence-corrected chi connectivity index (χ3v) is 6.20. The van der Waals surface area contributed by atoms with Crippen LogP contribution in [0, 0.1) is 23.0 Å². The van der Waals surface area contributed by atoms with Gasteiger partial charge in [0.15, 0.2) is 12.4 Å². The summed E-state index contributed by atoms with van der Waals surface area (Å²) in [6.45, 7) is 1.04. The molecule has 4 rings (SSSR count). The van der Waals surface area contributed by atoms with Crippen molar-refractivity contribution in [2.24, 2.45) is 5.92 Å². The molecule has 1 heterocycles. The van der Waals surface area contributed by atoms with Crippen LogP contribution in [0.3, 0.4) is 0 Å². The lowest BCUT2D eigenvalue weighted by molar-refractivity contribution is -0.385. The summed E-state index contributed by atoms with van der Waals surface area (Å²) < 4.78 is 15.6. The van der Waals surface area contributed by atoms with Gasteiger partial charge in [-0.3, -0.25) is 24.5 Å². The Bertz CT molecular complexity index is 1450. The lowest BCUT2D eigenvalue weighted by Crippen LogP contribution is -2.27. The number of methoxy groups -OCH3 is 1. The Kier molecular flexibility index (Phi) is 7.99. The highest BCUT2D eigenvalue weighted by atomic mass is 16.6. The normalized spacial score (nSPS) is 14.6. The van der Waals surface area contributed by atoms with Gasteiger partial charge in [0.05, 0.1) is 29.2 Å². The number of esters is 2. The molecule has 1 aliphatic rings. The largest absolute Gasteiger partial charge is 0.497 e. The van der Waals surface area contributed by atoms with Crippen molar-refractivity contribution in [3.8, 4) is 11.5 Å². The third kappa shape index (κ3) is 6.27. The van der Waals surface area contributed by atoms with E-state index in [1.807, 2.05) is 0 Å². The van der Waals surface area contributed by atoms with Crippen molar-refractivity contribution in [2.75, 3.05) is 25.2 Å². The van der Waals surface area contributed by atoms with Crippen molar-refractivity contribution in [3.63, 3.8) is 0 Å². The van der Waals surface area contributed by atoms with Gasteiger partial charge in [-0.1, -0.05) is 12.1 Å². The fraction of sp³-hybridized carbons (Fsp3) is 0.214. The molecule has 11 heteroatoms. The summed E-state index contributed by atoms with van der Waals surface area (Å²) in [7, 11) is 1.49. The van der Waals surface area contributed by atoms with Crippen molar-refractivity contribution >= 4 is 35.0 Å². The van der Waals surface area contributed by atoms with Crippen LogP contribution < -0.4 is 14.4 Å². The minimum absolute atomic E-state index is 0.0145. The summed E-state index contributed by atoms with van der Waals surface area (Å²) >= 11 is 0. The molecular weight excluding hydrogens is 508 g/mol. The molecule has 0 aliphatic carbocycles. The minimum atomic E-state index is -0.816. The topological polar surface area (TPSA) is 142 Å². The van der Waals surface area contributed by atoms with Crippen molar-refractivity contribution in [1.29, 1.82) is 0 Å². The number of nitrogens with zero attached hydrogens (tertiary/aromatic N) is 2. The first-order valence-electron chi connectivity index (χ1n) is 11.9. The van der Waals surface area contributed by atoms with Gasteiger partial charge in [-0.15, -0.1) is 0 Å². The van der Waals surface area contributed by atoms with E-state index >= 15 is 0 Å². The van der Waals surface area contributed by atoms with E-state index in [0.717, 1.165) is 0 Å². The Balaban J connectivity index is 1.31. The standard InChI is InChI=1S/C28H24N2O9/c1-17-6-9-21(14-24(17)30(35)36)29-15-20(13-26(29)32)27(33)38-16-25(31)18-7-10-22(11-8-18)39-28(34)19-4-3-5-23(12-19)37-2/h3-12,14,20H,13,15-16H2,1-2H3/t20-/m1/s1. The van der Waals surface area contributed by atoms with E-state index in [-0.39, 0.29) is 35.9 Å². The van der Waals surface area contributed by atoms with Gasteiger partial charge >= 0.3 is 11.9 Å². The quantitative estimate of drug-likeness (QED) is 0.132. The van der Waals surface area contributed by atoms with E-state index < -0.39 is 35.2 Å². The number of aryl methyl sites for hydroxylation is 1.